The van der Waals surface area contributed by atoms with E-state index in [-0.39, 0.29) is 10.8 Å². The van der Waals surface area contributed by atoms with Gasteiger partial charge in [0.2, 0.25) is 0 Å². The third-order valence-electron chi connectivity index (χ3n) is 1.99. The minimum atomic E-state index is 0.151. The van der Waals surface area contributed by atoms with E-state index in [9.17, 15) is 0 Å². The Balaban J connectivity index is 2.54. The van der Waals surface area contributed by atoms with E-state index in [1.54, 1.807) is 0 Å². The number of ether oxygens (including phenoxy) is 2. The summed E-state index contributed by atoms with van der Waals surface area (Å²) in [5.74, 6) is 1.59. The number of aromatic amines is 1. The Kier molecular flexibility index (Phi) is 4.12. The van der Waals surface area contributed by atoms with E-state index < -0.39 is 0 Å². The fourth-order valence-corrected chi connectivity index (χ4v) is 1.15. The lowest BCUT2D eigenvalue weighted by Gasteiger charge is -2.21. The van der Waals surface area contributed by atoms with Gasteiger partial charge in [-0.25, -0.2) is 0 Å². The maximum Gasteiger partial charge on any atom is 0.178 e. The Morgan fingerprint density at radius 1 is 0.824 bits per heavy atom. The molecule has 0 bridgehead atoms. The molecular formula is C14H25NO2. The van der Waals surface area contributed by atoms with Gasteiger partial charge in [-0.1, -0.05) is 41.5 Å². The molecule has 0 amide bonds. The molecule has 1 aromatic heterocycles. The quantitative estimate of drug-likeness (QED) is 0.865. The second kappa shape index (κ2) is 5.03. The van der Waals surface area contributed by atoms with Crippen molar-refractivity contribution in [1.29, 1.82) is 0 Å². The van der Waals surface area contributed by atoms with Gasteiger partial charge in [-0.15, -0.1) is 0 Å². The molecular weight excluding hydrogens is 214 g/mol. The molecule has 1 N–H and O–H groups in total. The third-order valence-corrected chi connectivity index (χ3v) is 1.99. The van der Waals surface area contributed by atoms with Crippen molar-refractivity contribution in [2.45, 2.75) is 41.5 Å². The summed E-state index contributed by atoms with van der Waals surface area (Å²) in [6.07, 6.45) is 3.67. The minimum absolute atomic E-state index is 0.151. The van der Waals surface area contributed by atoms with Crippen molar-refractivity contribution in [2.75, 3.05) is 13.2 Å². The van der Waals surface area contributed by atoms with Crippen LogP contribution in [0.4, 0.5) is 0 Å². The van der Waals surface area contributed by atoms with Crippen LogP contribution in [0.25, 0.3) is 0 Å². The maximum atomic E-state index is 5.75. The summed E-state index contributed by atoms with van der Waals surface area (Å²) < 4.78 is 11.5. The highest BCUT2D eigenvalue weighted by atomic mass is 16.5. The number of rotatable bonds is 4. The van der Waals surface area contributed by atoms with Gasteiger partial charge < -0.3 is 14.5 Å². The average molecular weight is 239 g/mol. The van der Waals surface area contributed by atoms with E-state index in [1.165, 1.54) is 0 Å². The van der Waals surface area contributed by atoms with Crippen molar-refractivity contribution in [3.63, 3.8) is 0 Å². The van der Waals surface area contributed by atoms with Crippen LogP contribution in [0.2, 0.25) is 0 Å². The van der Waals surface area contributed by atoms with Crippen LogP contribution in [-0.2, 0) is 0 Å². The molecule has 1 heterocycles. The molecule has 0 radical (unpaired) electrons. The van der Waals surface area contributed by atoms with E-state index in [0.29, 0.717) is 13.2 Å². The Bertz CT molecular complexity index is 309. The van der Waals surface area contributed by atoms with E-state index in [4.69, 9.17) is 9.47 Å². The fraction of sp³-hybridized carbons (Fsp3) is 0.714. The van der Waals surface area contributed by atoms with Crippen molar-refractivity contribution in [3.05, 3.63) is 12.4 Å². The summed E-state index contributed by atoms with van der Waals surface area (Å²) in [5.41, 5.74) is 0.303. The molecule has 0 aliphatic rings. The molecule has 98 valence electrons. The number of aromatic nitrogens is 1. The topological polar surface area (TPSA) is 34.2 Å². The first-order valence-corrected chi connectivity index (χ1v) is 6.10. The molecule has 0 aliphatic heterocycles. The molecule has 0 saturated carbocycles. The summed E-state index contributed by atoms with van der Waals surface area (Å²) in [6.45, 7) is 14.2. The van der Waals surface area contributed by atoms with Gasteiger partial charge in [-0.05, 0) is 10.8 Å². The standard InChI is InChI=1S/C14H25NO2/c1-13(2,3)9-16-11-7-15-8-12(11)17-10-14(4,5)6/h7-8,15H,9-10H2,1-6H3. The van der Waals surface area contributed by atoms with Gasteiger partial charge in [-0.2, -0.15) is 0 Å². The molecule has 1 aromatic rings. The second-order valence-corrected chi connectivity index (χ2v) is 6.88. The second-order valence-electron chi connectivity index (χ2n) is 6.88. The fourth-order valence-electron chi connectivity index (χ4n) is 1.15. The van der Waals surface area contributed by atoms with Crippen LogP contribution in [0, 0.1) is 10.8 Å². The molecule has 0 unspecified atom stereocenters. The average Bonchev–Trinajstić information content (AvgIpc) is 2.56. The van der Waals surface area contributed by atoms with Gasteiger partial charge >= 0.3 is 0 Å². The smallest absolute Gasteiger partial charge is 0.178 e. The zero-order valence-electron chi connectivity index (χ0n) is 11.9. The van der Waals surface area contributed by atoms with Crippen molar-refractivity contribution in [2.24, 2.45) is 10.8 Å². The number of hydrogen-bond donors (Lipinski definition) is 1. The summed E-state index contributed by atoms with van der Waals surface area (Å²) in [5, 5.41) is 0. The van der Waals surface area contributed by atoms with Gasteiger partial charge in [0.25, 0.3) is 0 Å². The SMILES string of the molecule is CC(C)(C)COc1c[nH]cc1OCC(C)(C)C. The first-order chi connectivity index (χ1) is 7.67. The normalized spacial score (nSPS) is 12.6. The monoisotopic (exact) mass is 239 g/mol. The van der Waals surface area contributed by atoms with Crippen LogP contribution in [0.1, 0.15) is 41.5 Å². The summed E-state index contributed by atoms with van der Waals surface area (Å²) in [7, 11) is 0. The van der Waals surface area contributed by atoms with E-state index in [1.807, 2.05) is 12.4 Å². The molecule has 0 aromatic carbocycles. The highest BCUT2D eigenvalue weighted by Crippen LogP contribution is 2.29. The van der Waals surface area contributed by atoms with Crippen LogP contribution in [0.3, 0.4) is 0 Å². The zero-order chi connectivity index (χ0) is 13.1. The largest absolute Gasteiger partial charge is 0.488 e. The number of hydrogen-bond acceptors (Lipinski definition) is 2. The van der Waals surface area contributed by atoms with Gasteiger partial charge in [0, 0.05) is 12.4 Å². The molecule has 0 fully saturated rings. The summed E-state index contributed by atoms with van der Waals surface area (Å²) in [4.78, 5) is 3.02. The molecule has 3 heteroatoms. The number of H-pyrrole nitrogens is 1. The zero-order valence-corrected chi connectivity index (χ0v) is 11.9. The highest BCUT2D eigenvalue weighted by Gasteiger charge is 2.16. The van der Waals surface area contributed by atoms with Crippen LogP contribution in [-0.4, -0.2) is 18.2 Å². The van der Waals surface area contributed by atoms with E-state index in [0.717, 1.165) is 11.5 Å². The van der Waals surface area contributed by atoms with Crippen LogP contribution < -0.4 is 9.47 Å². The lowest BCUT2D eigenvalue weighted by atomic mass is 9.98. The van der Waals surface area contributed by atoms with Crippen molar-refractivity contribution < 1.29 is 9.47 Å². The van der Waals surface area contributed by atoms with Crippen LogP contribution in [0.5, 0.6) is 11.5 Å². The van der Waals surface area contributed by atoms with Crippen molar-refractivity contribution >= 4 is 0 Å². The molecule has 17 heavy (non-hydrogen) atoms. The van der Waals surface area contributed by atoms with Crippen molar-refractivity contribution in [3.8, 4) is 11.5 Å². The minimum Gasteiger partial charge on any atom is -0.488 e. The molecule has 3 nitrogen and oxygen atoms in total. The van der Waals surface area contributed by atoms with Gasteiger partial charge in [0.1, 0.15) is 0 Å². The number of nitrogens with one attached hydrogen (secondary N) is 1. The van der Waals surface area contributed by atoms with Crippen LogP contribution >= 0.6 is 0 Å². The molecule has 1 rings (SSSR count). The van der Waals surface area contributed by atoms with Crippen molar-refractivity contribution in [1.82, 2.24) is 4.98 Å². The maximum absolute atomic E-state index is 5.75. The van der Waals surface area contributed by atoms with E-state index >= 15 is 0 Å². The first-order valence-electron chi connectivity index (χ1n) is 6.10. The van der Waals surface area contributed by atoms with Gasteiger partial charge in [-0.3, -0.25) is 0 Å². The summed E-state index contributed by atoms with van der Waals surface area (Å²) in [6, 6.07) is 0. The molecule has 0 aliphatic carbocycles. The third kappa shape index (κ3) is 5.66. The molecule has 0 saturated heterocycles. The highest BCUT2D eigenvalue weighted by molar-refractivity contribution is 5.36. The lowest BCUT2D eigenvalue weighted by Crippen LogP contribution is -2.18. The van der Waals surface area contributed by atoms with Gasteiger partial charge in [0.05, 0.1) is 13.2 Å². The first kappa shape index (κ1) is 13.9. The Morgan fingerprint density at radius 2 is 1.18 bits per heavy atom. The Labute approximate surface area is 105 Å². The molecule has 0 spiro atoms. The van der Waals surface area contributed by atoms with Gasteiger partial charge in [0.15, 0.2) is 11.5 Å². The predicted octanol–water partition coefficient (Wildman–Crippen LogP) is 3.86. The van der Waals surface area contributed by atoms with E-state index in [2.05, 4.69) is 46.5 Å². The molecule has 0 atom stereocenters. The van der Waals surface area contributed by atoms with Crippen LogP contribution in [0.15, 0.2) is 12.4 Å². The lowest BCUT2D eigenvalue weighted by molar-refractivity contribution is 0.168. The Morgan fingerprint density at radius 3 is 1.47 bits per heavy atom. The Hall–Kier alpha value is -1.12. The summed E-state index contributed by atoms with van der Waals surface area (Å²) >= 11 is 0. The predicted molar refractivity (Wildman–Crippen MR) is 70.7 cm³/mol.